The van der Waals surface area contributed by atoms with Crippen molar-refractivity contribution in [3.63, 3.8) is 0 Å². The maximum Gasteiger partial charge on any atom is 0.303 e. The topological polar surface area (TPSA) is 69.6 Å². The fourth-order valence-electron chi connectivity index (χ4n) is 2.26. The van der Waals surface area contributed by atoms with Gasteiger partial charge in [-0.3, -0.25) is 14.5 Å². The highest BCUT2D eigenvalue weighted by Gasteiger charge is 2.29. The van der Waals surface area contributed by atoms with E-state index in [4.69, 9.17) is 5.11 Å². The number of anilines is 1. The molecule has 1 amide bonds. The van der Waals surface area contributed by atoms with Gasteiger partial charge >= 0.3 is 5.97 Å². The molecule has 20 heavy (non-hydrogen) atoms. The van der Waals surface area contributed by atoms with Crippen molar-refractivity contribution < 1.29 is 19.1 Å². The maximum atomic E-state index is 13.3. The van der Waals surface area contributed by atoms with Crippen LogP contribution in [-0.4, -0.2) is 41.5 Å². The number of carboxylic acid groups (broad SMARTS) is 1. The van der Waals surface area contributed by atoms with Crippen molar-refractivity contribution in [1.82, 2.24) is 4.90 Å². The number of nitrogens with one attached hydrogen (secondary N) is 1. The lowest BCUT2D eigenvalue weighted by Gasteiger charge is -2.37. The molecule has 0 bridgehead atoms. The van der Waals surface area contributed by atoms with E-state index < -0.39 is 5.97 Å². The molecule has 1 aliphatic rings. The summed E-state index contributed by atoms with van der Waals surface area (Å²) in [4.78, 5) is 24.1. The fourth-order valence-corrected chi connectivity index (χ4v) is 2.26. The zero-order valence-corrected chi connectivity index (χ0v) is 11.2. The van der Waals surface area contributed by atoms with E-state index in [-0.39, 0.29) is 30.6 Å². The standard InChI is InChI=1S/C14H17FN2O3/c1-9-2-3-11(5-12(9)15)16-13(18)8-17-6-10(7-17)4-14(19)20/h2-3,5,10H,4,6-8H2,1H3,(H,16,18)(H,19,20). The van der Waals surface area contributed by atoms with Gasteiger partial charge in [-0.25, -0.2) is 4.39 Å². The van der Waals surface area contributed by atoms with Gasteiger partial charge < -0.3 is 10.4 Å². The first kappa shape index (κ1) is 14.5. The first-order chi connectivity index (χ1) is 9.44. The number of nitrogens with zero attached hydrogens (tertiary/aromatic N) is 1. The van der Waals surface area contributed by atoms with E-state index in [9.17, 15) is 14.0 Å². The van der Waals surface area contributed by atoms with Gasteiger partial charge in [0.15, 0.2) is 0 Å². The molecule has 0 spiro atoms. The molecule has 1 aromatic rings. The normalized spacial score (nSPS) is 15.7. The second kappa shape index (κ2) is 6.00. The molecule has 0 unspecified atom stereocenters. The van der Waals surface area contributed by atoms with Crippen molar-refractivity contribution in [1.29, 1.82) is 0 Å². The Morgan fingerprint density at radius 3 is 2.75 bits per heavy atom. The number of likely N-dealkylation sites (tertiary alicyclic amines) is 1. The van der Waals surface area contributed by atoms with Crippen molar-refractivity contribution in [2.24, 2.45) is 5.92 Å². The summed E-state index contributed by atoms with van der Waals surface area (Å²) in [6.45, 7) is 3.08. The van der Waals surface area contributed by atoms with E-state index in [2.05, 4.69) is 5.32 Å². The number of carbonyl (C=O) groups is 2. The summed E-state index contributed by atoms with van der Waals surface area (Å²) in [5.41, 5.74) is 0.961. The van der Waals surface area contributed by atoms with E-state index >= 15 is 0 Å². The first-order valence-electron chi connectivity index (χ1n) is 6.44. The average molecular weight is 280 g/mol. The molecule has 0 atom stereocenters. The predicted octanol–water partition coefficient (Wildman–Crippen LogP) is 1.48. The maximum absolute atomic E-state index is 13.3. The van der Waals surface area contributed by atoms with Crippen LogP contribution in [-0.2, 0) is 9.59 Å². The van der Waals surface area contributed by atoms with Crippen LogP contribution in [0.1, 0.15) is 12.0 Å². The number of benzene rings is 1. The molecule has 0 aromatic heterocycles. The Kier molecular flexibility index (Phi) is 4.34. The molecule has 0 aliphatic carbocycles. The van der Waals surface area contributed by atoms with Gasteiger partial charge in [-0.15, -0.1) is 0 Å². The first-order valence-corrected chi connectivity index (χ1v) is 6.44. The number of halogens is 1. The third-order valence-electron chi connectivity index (χ3n) is 3.32. The van der Waals surface area contributed by atoms with E-state index in [0.717, 1.165) is 0 Å². The zero-order chi connectivity index (χ0) is 14.7. The van der Waals surface area contributed by atoms with Gasteiger partial charge in [0.05, 0.1) is 13.0 Å². The van der Waals surface area contributed by atoms with Gasteiger partial charge in [0.1, 0.15) is 5.82 Å². The van der Waals surface area contributed by atoms with Gasteiger partial charge in [-0.05, 0) is 30.5 Å². The lowest BCUT2D eigenvalue weighted by molar-refractivity contribution is -0.139. The predicted molar refractivity (Wildman–Crippen MR) is 71.9 cm³/mol. The SMILES string of the molecule is Cc1ccc(NC(=O)CN2CC(CC(=O)O)C2)cc1F. The summed E-state index contributed by atoms with van der Waals surface area (Å²) in [5.74, 6) is -1.26. The van der Waals surface area contributed by atoms with E-state index in [0.29, 0.717) is 24.3 Å². The molecule has 2 rings (SSSR count). The van der Waals surface area contributed by atoms with Crippen LogP contribution in [0.5, 0.6) is 0 Å². The van der Waals surface area contributed by atoms with Crippen LogP contribution in [0, 0.1) is 18.7 Å². The molecule has 0 radical (unpaired) electrons. The minimum Gasteiger partial charge on any atom is -0.481 e. The van der Waals surface area contributed by atoms with Gasteiger partial charge in [0.2, 0.25) is 5.91 Å². The molecule has 6 heteroatoms. The summed E-state index contributed by atoms with van der Waals surface area (Å²) >= 11 is 0. The van der Waals surface area contributed by atoms with Gasteiger partial charge in [0.25, 0.3) is 0 Å². The Hall–Kier alpha value is -1.95. The molecular weight excluding hydrogens is 263 g/mol. The second-order valence-corrected chi connectivity index (χ2v) is 5.17. The van der Waals surface area contributed by atoms with Crippen molar-refractivity contribution in [2.75, 3.05) is 25.0 Å². The number of carbonyl (C=O) groups excluding carboxylic acids is 1. The van der Waals surface area contributed by atoms with E-state index in [1.165, 1.54) is 6.07 Å². The van der Waals surface area contributed by atoms with Crippen LogP contribution in [0.3, 0.4) is 0 Å². The summed E-state index contributed by atoms with van der Waals surface area (Å²) in [6.07, 6.45) is 0.140. The minimum absolute atomic E-state index is 0.122. The number of aryl methyl sites for hydroxylation is 1. The molecule has 2 N–H and O–H groups in total. The van der Waals surface area contributed by atoms with Gasteiger partial charge in [0, 0.05) is 18.8 Å². The molecule has 1 aromatic carbocycles. The minimum atomic E-state index is -0.811. The van der Waals surface area contributed by atoms with Crippen LogP contribution in [0.25, 0.3) is 0 Å². The van der Waals surface area contributed by atoms with Crippen LogP contribution in [0.2, 0.25) is 0 Å². The third-order valence-corrected chi connectivity index (χ3v) is 3.32. The number of hydrogen-bond donors (Lipinski definition) is 2. The highest BCUT2D eigenvalue weighted by Crippen LogP contribution is 2.19. The zero-order valence-electron chi connectivity index (χ0n) is 11.2. The third kappa shape index (κ3) is 3.77. The van der Waals surface area contributed by atoms with Crippen molar-refractivity contribution in [2.45, 2.75) is 13.3 Å². The number of hydrogen-bond acceptors (Lipinski definition) is 3. The monoisotopic (exact) mass is 280 g/mol. The summed E-state index contributed by atoms with van der Waals surface area (Å²) in [6, 6.07) is 4.55. The highest BCUT2D eigenvalue weighted by atomic mass is 19.1. The molecule has 1 aliphatic heterocycles. The van der Waals surface area contributed by atoms with Gasteiger partial charge in [-0.2, -0.15) is 0 Å². The van der Waals surface area contributed by atoms with Crippen LogP contribution in [0.15, 0.2) is 18.2 Å². The highest BCUT2D eigenvalue weighted by molar-refractivity contribution is 5.92. The van der Waals surface area contributed by atoms with Crippen LogP contribution in [0.4, 0.5) is 10.1 Å². The molecular formula is C14H17FN2O3. The lowest BCUT2D eigenvalue weighted by atomic mass is 9.96. The van der Waals surface area contributed by atoms with Crippen LogP contribution >= 0.6 is 0 Å². The number of aliphatic carboxylic acids is 1. The average Bonchev–Trinajstić information content (AvgIpc) is 2.30. The molecule has 1 fully saturated rings. The van der Waals surface area contributed by atoms with Crippen molar-refractivity contribution in [3.05, 3.63) is 29.6 Å². The Morgan fingerprint density at radius 1 is 1.45 bits per heavy atom. The molecule has 0 saturated carbocycles. The lowest BCUT2D eigenvalue weighted by Crippen LogP contribution is -2.50. The fraction of sp³-hybridized carbons (Fsp3) is 0.429. The largest absolute Gasteiger partial charge is 0.481 e. The number of rotatable bonds is 5. The quantitative estimate of drug-likeness (QED) is 0.857. The van der Waals surface area contributed by atoms with E-state index in [1.54, 1.807) is 19.1 Å². The van der Waals surface area contributed by atoms with Crippen LogP contribution < -0.4 is 5.32 Å². The molecule has 5 nitrogen and oxygen atoms in total. The summed E-state index contributed by atoms with van der Waals surface area (Å²) in [5, 5.41) is 11.3. The number of amides is 1. The van der Waals surface area contributed by atoms with Crippen molar-refractivity contribution >= 4 is 17.6 Å². The summed E-state index contributed by atoms with van der Waals surface area (Å²) in [7, 11) is 0. The smallest absolute Gasteiger partial charge is 0.303 e. The Balaban J connectivity index is 1.76. The Bertz CT molecular complexity index is 527. The summed E-state index contributed by atoms with van der Waals surface area (Å²) < 4.78 is 13.3. The molecule has 1 saturated heterocycles. The van der Waals surface area contributed by atoms with E-state index in [1.807, 2.05) is 4.90 Å². The Morgan fingerprint density at radius 2 is 2.15 bits per heavy atom. The molecule has 1 heterocycles. The van der Waals surface area contributed by atoms with Gasteiger partial charge in [-0.1, -0.05) is 6.07 Å². The van der Waals surface area contributed by atoms with Crippen molar-refractivity contribution in [3.8, 4) is 0 Å². The molecule has 108 valence electrons. The second-order valence-electron chi connectivity index (χ2n) is 5.17. The number of carboxylic acids is 1. The Labute approximate surface area is 116 Å².